The van der Waals surface area contributed by atoms with Crippen molar-refractivity contribution in [2.24, 2.45) is 0 Å². The van der Waals surface area contributed by atoms with Crippen LogP contribution in [0.1, 0.15) is 51.2 Å². The second-order valence-corrected chi connectivity index (χ2v) is 6.15. The van der Waals surface area contributed by atoms with E-state index in [1.54, 1.807) is 18.4 Å². The fourth-order valence-electron chi connectivity index (χ4n) is 1.90. The van der Waals surface area contributed by atoms with Gasteiger partial charge in [-0.15, -0.1) is 11.3 Å². The monoisotopic (exact) mass is 256 g/mol. The summed E-state index contributed by atoms with van der Waals surface area (Å²) in [6.45, 7) is 11.4. The Morgan fingerprint density at radius 2 is 2.06 bits per heavy atom. The Morgan fingerprint density at radius 3 is 2.47 bits per heavy atom. The summed E-state index contributed by atoms with van der Waals surface area (Å²) in [6.07, 6.45) is 0. The van der Waals surface area contributed by atoms with Gasteiger partial charge in [-0.25, -0.2) is 4.98 Å². The highest BCUT2D eigenvalue weighted by Gasteiger charge is 2.30. The van der Waals surface area contributed by atoms with E-state index in [2.05, 4.69) is 45.3 Å². The molecule has 1 unspecified atom stereocenters. The molecule has 4 heteroatoms. The van der Waals surface area contributed by atoms with Crippen molar-refractivity contribution in [3.8, 4) is 0 Å². The second-order valence-electron chi connectivity index (χ2n) is 5.30. The maximum absolute atomic E-state index is 5.34. The number of methoxy groups -OCH3 is 1. The van der Waals surface area contributed by atoms with Gasteiger partial charge in [-0.3, -0.25) is 0 Å². The first-order chi connectivity index (χ1) is 7.89. The van der Waals surface area contributed by atoms with E-state index < -0.39 is 0 Å². The molecule has 0 saturated heterocycles. The van der Waals surface area contributed by atoms with Crippen molar-refractivity contribution in [2.75, 3.05) is 13.7 Å². The number of thiazole rings is 1. The molecule has 0 aromatic carbocycles. The Labute approximate surface area is 109 Å². The first-order valence-corrected chi connectivity index (χ1v) is 6.99. The lowest BCUT2D eigenvalue weighted by Crippen LogP contribution is -2.46. The van der Waals surface area contributed by atoms with E-state index in [0.717, 1.165) is 10.7 Å². The lowest BCUT2D eigenvalue weighted by atomic mass is 10.0. The van der Waals surface area contributed by atoms with E-state index >= 15 is 0 Å². The molecule has 0 aliphatic heterocycles. The highest BCUT2D eigenvalue weighted by molar-refractivity contribution is 7.09. The number of nitrogens with one attached hydrogen (secondary N) is 1. The summed E-state index contributed by atoms with van der Waals surface area (Å²) in [5.41, 5.74) is 0.971. The molecule has 98 valence electrons. The number of ether oxygens (including phenoxy) is 1. The van der Waals surface area contributed by atoms with E-state index in [4.69, 9.17) is 9.72 Å². The fraction of sp³-hybridized carbons (Fsp3) is 0.769. The Hall–Kier alpha value is -0.450. The van der Waals surface area contributed by atoms with Gasteiger partial charge in [0.25, 0.3) is 0 Å². The van der Waals surface area contributed by atoms with Gasteiger partial charge in [0.2, 0.25) is 0 Å². The van der Waals surface area contributed by atoms with Crippen molar-refractivity contribution in [1.29, 1.82) is 0 Å². The molecule has 1 aromatic rings. The minimum absolute atomic E-state index is 0.194. The Bertz CT molecular complexity index is 349. The molecular weight excluding hydrogens is 232 g/mol. The zero-order valence-electron chi connectivity index (χ0n) is 11.7. The van der Waals surface area contributed by atoms with Crippen molar-refractivity contribution < 1.29 is 4.74 Å². The molecule has 1 atom stereocenters. The summed E-state index contributed by atoms with van der Waals surface area (Å²) in [7, 11) is 1.73. The van der Waals surface area contributed by atoms with Crippen LogP contribution in [0.2, 0.25) is 0 Å². The van der Waals surface area contributed by atoms with Gasteiger partial charge in [-0.2, -0.15) is 0 Å². The molecule has 1 aromatic heterocycles. The summed E-state index contributed by atoms with van der Waals surface area (Å²) in [6, 6.07) is 0.404. The average Bonchev–Trinajstić information content (AvgIpc) is 2.65. The SMILES string of the molecule is COCC(C)(NC(C)C)c1nc(C(C)C)cs1. The summed E-state index contributed by atoms with van der Waals surface area (Å²) in [4.78, 5) is 4.73. The van der Waals surface area contributed by atoms with Gasteiger partial charge in [-0.1, -0.05) is 13.8 Å². The van der Waals surface area contributed by atoms with Crippen LogP contribution in [0.5, 0.6) is 0 Å². The molecule has 0 fully saturated rings. The molecule has 0 radical (unpaired) electrons. The largest absolute Gasteiger partial charge is 0.382 e. The maximum atomic E-state index is 5.34. The van der Waals surface area contributed by atoms with Gasteiger partial charge in [0.15, 0.2) is 0 Å². The van der Waals surface area contributed by atoms with Crippen LogP contribution in [0.4, 0.5) is 0 Å². The van der Waals surface area contributed by atoms with Gasteiger partial charge in [0, 0.05) is 18.5 Å². The van der Waals surface area contributed by atoms with E-state index in [1.165, 1.54) is 0 Å². The number of aromatic nitrogens is 1. The van der Waals surface area contributed by atoms with Gasteiger partial charge >= 0.3 is 0 Å². The molecule has 1 heterocycles. The quantitative estimate of drug-likeness (QED) is 0.849. The Balaban J connectivity index is 2.95. The fourth-order valence-corrected chi connectivity index (χ4v) is 2.99. The van der Waals surface area contributed by atoms with Crippen LogP contribution < -0.4 is 5.32 Å². The normalized spacial score (nSPS) is 15.5. The van der Waals surface area contributed by atoms with Crippen molar-refractivity contribution in [3.05, 3.63) is 16.1 Å². The van der Waals surface area contributed by atoms with Crippen LogP contribution >= 0.6 is 11.3 Å². The summed E-state index contributed by atoms with van der Waals surface area (Å²) in [5, 5.41) is 6.81. The summed E-state index contributed by atoms with van der Waals surface area (Å²) in [5.74, 6) is 0.478. The average molecular weight is 256 g/mol. The van der Waals surface area contributed by atoms with Crippen molar-refractivity contribution in [3.63, 3.8) is 0 Å². The molecule has 0 saturated carbocycles. The van der Waals surface area contributed by atoms with E-state index in [0.29, 0.717) is 18.6 Å². The predicted octanol–water partition coefficient (Wildman–Crippen LogP) is 3.13. The van der Waals surface area contributed by atoms with Crippen LogP contribution in [0, 0.1) is 0 Å². The highest BCUT2D eigenvalue weighted by atomic mass is 32.1. The van der Waals surface area contributed by atoms with Gasteiger partial charge in [-0.05, 0) is 26.7 Å². The van der Waals surface area contributed by atoms with E-state index in [9.17, 15) is 0 Å². The molecule has 0 bridgehead atoms. The molecule has 3 nitrogen and oxygen atoms in total. The molecule has 17 heavy (non-hydrogen) atoms. The van der Waals surface area contributed by atoms with Gasteiger partial charge in [0.05, 0.1) is 17.8 Å². The minimum Gasteiger partial charge on any atom is -0.382 e. The zero-order valence-corrected chi connectivity index (χ0v) is 12.5. The first kappa shape index (κ1) is 14.6. The molecule has 1 rings (SSSR count). The molecule has 0 spiro atoms. The standard InChI is InChI=1S/C13H24N2OS/c1-9(2)11-7-17-12(14-11)13(5,8-16-6)15-10(3)4/h7,9-10,15H,8H2,1-6H3. The molecular formula is C13H24N2OS. The number of hydrogen-bond acceptors (Lipinski definition) is 4. The summed E-state index contributed by atoms with van der Waals surface area (Å²) < 4.78 is 5.34. The lowest BCUT2D eigenvalue weighted by Gasteiger charge is -2.30. The van der Waals surface area contributed by atoms with Crippen LogP contribution in [-0.2, 0) is 10.3 Å². The van der Waals surface area contributed by atoms with Crippen molar-refractivity contribution in [1.82, 2.24) is 10.3 Å². The smallest absolute Gasteiger partial charge is 0.115 e. The molecule has 1 N–H and O–H groups in total. The number of rotatable bonds is 6. The van der Waals surface area contributed by atoms with Gasteiger partial charge < -0.3 is 10.1 Å². The lowest BCUT2D eigenvalue weighted by molar-refractivity contribution is 0.112. The van der Waals surface area contributed by atoms with E-state index in [-0.39, 0.29) is 5.54 Å². The zero-order chi connectivity index (χ0) is 13.1. The number of hydrogen-bond donors (Lipinski definition) is 1. The van der Waals surface area contributed by atoms with Crippen LogP contribution in [0.3, 0.4) is 0 Å². The molecule has 0 aliphatic carbocycles. The molecule has 0 amide bonds. The highest BCUT2D eigenvalue weighted by Crippen LogP contribution is 2.28. The Kier molecular flexibility index (Phi) is 5.10. The van der Waals surface area contributed by atoms with Crippen LogP contribution in [0.25, 0.3) is 0 Å². The first-order valence-electron chi connectivity index (χ1n) is 6.11. The van der Waals surface area contributed by atoms with Gasteiger partial charge in [0.1, 0.15) is 5.01 Å². The third-order valence-electron chi connectivity index (χ3n) is 2.63. The minimum atomic E-state index is -0.194. The second kappa shape index (κ2) is 5.94. The third-order valence-corrected chi connectivity index (χ3v) is 3.75. The van der Waals surface area contributed by atoms with Crippen LogP contribution in [0.15, 0.2) is 5.38 Å². The third kappa shape index (κ3) is 3.76. The van der Waals surface area contributed by atoms with Crippen LogP contribution in [-0.4, -0.2) is 24.7 Å². The predicted molar refractivity (Wildman–Crippen MR) is 73.7 cm³/mol. The van der Waals surface area contributed by atoms with Crippen molar-refractivity contribution in [2.45, 2.75) is 52.1 Å². The van der Waals surface area contributed by atoms with Crippen molar-refractivity contribution >= 4 is 11.3 Å². The molecule has 0 aliphatic rings. The maximum Gasteiger partial charge on any atom is 0.115 e. The van der Waals surface area contributed by atoms with E-state index in [1.807, 2.05) is 0 Å². The Morgan fingerprint density at radius 1 is 1.41 bits per heavy atom. The summed E-state index contributed by atoms with van der Waals surface area (Å²) >= 11 is 1.71. The topological polar surface area (TPSA) is 34.1 Å². The number of nitrogens with zero attached hydrogens (tertiary/aromatic N) is 1.